The number of nitrogens with zero attached hydrogens (tertiary/aromatic N) is 3. The Morgan fingerprint density at radius 3 is 2.64 bits per heavy atom. The third kappa shape index (κ3) is 4.60. The van der Waals surface area contributed by atoms with E-state index in [-0.39, 0.29) is 24.1 Å². The van der Waals surface area contributed by atoms with E-state index in [1.165, 1.54) is 21.4 Å². The summed E-state index contributed by atoms with van der Waals surface area (Å²) in [5.41, 5.74) is 0.545. The first-order valence-electron chi connectivity index (χ1n) is 8.84. The van der Waals surface area contributed by atoms with Crippen LogP contribution in [0.15, 0.2) is 29.0 Å². The van der Waals surface area contributed by atoms with Crippen molar-refractivity contribution in [3.05, 3.63) is 36.0 Å². The van der Waals surface area contributed by atoms with Gasteiger partial charge in [0.1, 0.15) is 11.5 Å². The molecule has 0 atom stereocenters. The Kier molecular flexibility index (Phi) is 5.84. The summed E-state index contributed by atoms with van der Waals surface area (Å²) in [6.07, 6.45) is 4.96. The maximum atomic E-state index is 12.6. The van der Waals surface area contributed by atoms with Gasteiger partial charge in [0.05, 0.1) is 30.9 Å². The predicted molar refractivity (Wildman–Crippen MR) is 101 cm³/mol. The normalized spacial score (nSPS) is 16.1. The second-order valence-electron chi connectivity index (χ2n) is 6.72. The second kappa shape index (κ2) is 8.15. The molecule has 2 N–H and O–H groups in total. The van der Waals surface area contributed by atoms with Crippen LogP contribution in [0, 0.1) is 5.92 Å². The number of hydrogen-bond donors (Lipinski definition) is 2. The number of anilines is 1. The maximum absolute atomic E-state index is 12.6. The molecule has 1 aliphatic rings. The largest absolute Gasteiger partial charge is 0.467 e. The monoisotopic (exact) mass is 409 g/mol. The summed E-state index contributed by atoms with van der Waals surface area (Å²) in [7, 11) is -1.63. The highest BCUT2D eigenvalue weighted by molar-refractivity contribution is 7.88. The number of amides is 2. The van der Waals surface area contributed by atoms with Crippen LogP contribution in [0.2, 0.25) is 0 Å². The Balaban J connectivity index is 1.62. The molecule has 0 saturated carbocycles. The summed E-state index contributed by atoms with van der Waals surface area (Å²) in [5, 5.41) is 9.54. The first kappa shape index (κ1) is 20.1. The highest BCUT2D eigenvalue weighted by atomic mass is 32.2. The fourth-order valence-corrected chi connectivity index (χ4v) is 4.02. The number of rotatable bonds is 6. The number of hydrogen-bond acceptors (Lipinski definition) is 6. The quantitative estimate of drug-likeness (QED) is 0.718. The van der Waals surface area contributed by atoms with Gasteiger partial charge >= 0.3 is 0 Å². The summed E-state index contributed by atoms with van der Waals surface area (Å²) in [5.74, 6) is -0.351. The number of carbonyl (C=O) groups is 2. The molecule has 0 radical (unpaired) electrons. The minimum Gasteiger partial charge on any atom is -0.467 e. The zero-order chi connectivity index (χ0) is 20.3. The van der Waals surface area contributed by atoms with Crippen LogP contribution in [-0.2, 0) is 28.4 Å². The molecule has 10 nitrogen and oxygen atoms in total. The topological polar surface area (TPSA) is 127 Å². The molecule has 28 heavy (non-hydrogen) atoms. The van der Waals surface area contributed by atoms with E-state index in [0.717, 1.165) is 6.26 Å². The lowest BCUT2D eigenvalue weighted by Gasteiger charge is -2.29. The van der Waals surface area contributed by atoms with Crippen molar-refractivity contribution in [2.24, 2.45) is 13.0 Å². The van der Waals surface area contributed by atoms with Crippen molar-refractivity contribution in [2.45, 2.75) is 19.4 Å². The van der Waals surface area contributed by atoms with Crippen molar-refractivity contribution in [2.75, 3.05) is 24.7 Å². The van der Waals surface area contributed by atoms with Crippen LogP contribution in [-0.4, -0.2) is 53.7 Å². The molecule has 1 saturated heterocycles. The summed E-state index contributed by atoms with van der Waals surface area (Å²) in [4.78, 5) is 25.1. The van der Waals surface area contributed by atoms with Crippen LogP contribution < -0.4 is 10.6 Å². The molecule has 0 bridgehead atoms. The van der Waals surface area contributed by atoms with Gasteiger partial charge in [-0.25, -0.2) is 12.7 Å². The Labute approximate surface area is 162 Å². The van der Waals surface area contributed by atoms with Crippen LogP contribution in [0.1, 0.15) is 29.1 Å². The van der Waals surface area contributed by atoms with E-state index in [4.69, 9.17) is 4.42 Å². The fourth-order valence-electron chi connectivity index (χ4n) is 3.15. The van der Waals surface area contributed by atoms with Crippen molar-refractivity contribution in [3.8, 4) is 0 Å². The molecule has 2 amide bonds. The van der Waals surface area contributed by atoms with Gasteiger partial charge in [0, 0.05) is 26.1 Å². The number of carbonyl (C=O) groups excluding carboxylic acids is 2. The van der Waals surface area contributed by atoms with Crippen LogP contribution in [0.5, 0.6) is 0 Å². The van der Waals surface area contributed by atoms with E-state index in [1.807, 2.05) is 0 Å². The molecule has 0 unspecified atom stereocenters. The van der Waals surface area contributed by atoms with Crippen molar-refractivity contribution in [1.82, 2.24) is 19.4 Å². The van der Waals surface area contributed by atoms with Crippen molar-refractivity contribution < 1.29 is 22.4 Å². The lowest BCUT2D eigenvalue weighted by atomic mass is 9.97. The Morgan fingerprint density at radius 2 is 2.04 bits per heavy atom. The van der Waals surface area contributed by atoms with Crippen LogP contribution in [0.4, 0.5) is 5.69 Å². The van der Waals surface area contributed by atoms with Gasteiger partial charge < -0.3 is 15.1 Å². The number of aromatic nitrogens is 2. The molecule has 3 heterocycles. The molecular weight excluding hydrogens is 386 g/mol. The third-order valence-electron chi connectivity index (χ3n) is 4.71. The van der Waals surface area contributed by atoms with Gasteiger partial charge in [-0.1, -0.05) is 0 Å². The number of nitrogens with one attached hydrogen (secondary N) is 2. The highest BCUT2D eigenvalue weighted by Crippen LogP contribution is 2.22. The van der Waals surface area contributed by atoms with Gasteiger partial charge in [-0.05, 0) is 25.0 Å². The van der Waals surface area contributed by atoms with Gasteiger partial charge in [0.2, 0.25) is 15.9 Å². The summed E-state index contributed by atoms with van der Waals surface area (Å²) in [6, 6.07) is 3.47. The van der Waals surface area contributed by atoms with Crippen molar-refractivity contribution >= 4 is 27.5 Å². The van der Waals surface area contributed by atoms with E-state index in [0.29, 0.717) is 37.4 Å². The van der Waals surface area contributed by atoms with Gasteiger partial charge in [-0.3, -0.25) is 14.3 Å². The lowest BCUT2D eigenvalue weighted by Crippen LogP contribution is -2.41. The number of furan rings is 1. The molecule has 0 aliphatic carbocycles. The van der Waals surface area contributed by atoms with Gasteiger partial charge in [-0.15, -0.1) is 0 Å². The molecule has 2 aromatic rings. The molecule has 2 aromatic heterocycles. The summed E-state index contributed by atoms with van der Waals surface area (Å²) >= 11 is 0. The molecule has 152 valence electrons. The average Bonchev–Trinajstić information content (AvgIpc) is 3.29. The van der Waals surface area contributed by atoms with Crippen LogP contribution >= 0.6 is 0 Å². The van der Waals surface area contributed by atoms with Crippen molar-refractivity contribution in [1.29, 1.82) is 0 Å². The minimum atomic E-state index is -3.25. The minimum absolute atomic E-state index is 0.217. The summed E-state index contributed by atoms with van der Waals surface area (Å²) < 4.78 is 31.1. The van der Waals surface area contributed by atoms with Crippen LogP contribution in [0.3, 0.4) is 0 Å². The highest BCUT2D eigenvalue weighted by Gasteiger charge is 2.30. The maximum Gasteiger partial charge on any atom is 0.272 e. The van der Waals surface area contributed by atoms with Gasteiger partial charge in [0.25, 0.3) is 5.91 Å². The van der Waals surface area contributed by atoms with E-state index in [9.17, 15) is 18.0 Å². The van der Waals surface area contributed by atoms with E-state index >= 15 is 0 Å². The fraction of sp³-hybridized carbons (Fsp3) is 0.471. The first-order valence-corrected chi connectivity index (χ1v) is 10.7. The second-order valence-corrected chi connectivity index (χ2v) is 8.70. The number of aryl methyl sites for hydroxylation is 1. The van der Waals surface area contributed by atoms with Crippen molar-refractivity contribution in [3.63, 3.8) is 0 Å². The molecule has 0 aromatic carbocycles. The molecule has 11 heteroatoms. The van der Waals surface area contributed by atoms with Crippen LogP contribution in [0.25, 0.3) is 0 Å². The van der Waals surface area contributed by atoms with E-state index < -0.39 is 15.9 Å². The smallest absolute Gasteiger partial charge is 0.272 e. The SMILES string of the molecule is Cn1ncc(NC(=O)C2CCN(S(C)(=O)=O)CC2)c1C(=O)NCc1ccco1. The Hall–Kier alpha value is -2.66. The van der Waals surface area contributed by atoms with E-state index in [2.05, 4.69) is 15.7 Å². The molecule has 1 fully saturated rings. The molecular formula is C17H23N5O5S. The zero-order valence-electron chi connectivity index (χ0n) is 15.7. The third-order valence-corrected chi connectivity index (χ3v) is 6.01. The molecule has 1 aliphatic heterocycles. The Bertz CT molecular complexity index is 943. The van der Waals surface area contributed by atoms with E-state index in [1.54, 1.807) is 19.2 Å². The summed E-state index contributed by atoms with van der Waals surface area (Å²) in [6.45, 7) is 0.829. The van der Waals surface area contributed by atoms with Gasteiger partial charge in [-0.2, -0.15) is 5.10 Å². The average molecular weight is 409 g/mol. The predicted octanol–water partition coefficient (Wildman–Crippen LogP) is 0.553. The standard InChI is InChI=1S/C17H23N5O5S/c1-21-15(17(24)18-10-13-4-3-9-27-13)14(11-19-21)20-16(23)12-5-7-22(8-6-12)28(2,25)26/h3-4,9,11-12H,5-8,10H2,1-2H3,(H,18,24)(H,20,23). The first-order chi connectivity index (χ1) is 13.3. The lowest BCUT2D eigenvalue weighted by molar-refractivity contribution is -0.120. The molecule has 0 spiro atoms. The molecule has 3 rings (SSSR count). The van der Waals surface area contributed by atoms with Gasteiger partial charge in [0.15, 0.2) is 0 Å². The number of sulfonamides is 1. The number of piperidine rings is 1. The zero-order valence-corrected chi connectivity index (χ0v) is 16.5. The Morgan fingerprint density at radius 1 is 1.32 bits per heavy atom.